The number of amides is 6. The average molecular weight is 977 g/mol. The zero-order valence-electron chi connectivity index (χ0n) is 39.5. The van der Waals surface area contributed by atoms with Crippen molar-refractivity contribution in [2.75, 3.05) is 32.1 Å². The number of hydrogen-bond acceptors (Lipinski definition) is 11. The van der Waals surface area contributed by atoms with E-state index in [2.05, 4.69) is 31.2 Å². The van der Waals surface area contributed by atoms with Crippen molar-refractivity contribution in [3.8, 4) is 0 Å². The number of nitrogens with one attached hydrogen (secondary N) is 4. The van der Waals surface area contributed by atoms with Gasteiger partial charge in [0.05, 0.1) is 30.8 Å². The van der Waals surface area contributed by atoms with Gasteiger partial charge in [-0.05, 0) is 106 Å². The van der Waals surface area contributed by atoms with E-state index in [1.54, 1.807) is 54.7 Å². The Morgan fingerprint density at radius 3 is 2.23 bits per heavy atom. The molecule has 20 heteroatoms. The van der Waals surface area contributed by atoms with E-state index in [-0.39, 0.29) is 78.2 Å². The van der Waals surface area contributed by atoms with Crippen molar-refractivity contribution in [3.63, 3.8) is 0 Å². The van der Waals surface area contributed by atoms with E-state index in [1.807, 2.05) is 6.07 Å². The Bertz CT molecular complexity index is 2310. The summed E-state index contributed by atoms with van der Waals surface area (Å²) in [5, 5.41) is 11.5. The topological polar surface area (TPSA) is 233 Å². The van der Waals surface area contributed by atoms with Crippen molar-refractivity contribution < 1.29 is 56.1 Å². The number of carbonyl (C=O) groups is 6. The smallest absolute Gasteiger partial charge is 0.378 e. The highest BCUT2D eigenvalue weighted by molar-refractivity contribution is 5.97. The van der Waals surface area contributed by atoms with Crippen LogP contribution in [0.1, 0.15) is 123 Å². The number of likely N-dealkylation sites (tertiary alicyclic amines) is 1. The second-order valence-corrected chi connectivity index (χ2v) is 19.0. The highest BCUT2D eigenvalue weighted by atomic mass is 19.4. The maximum Gasteiger partial charge on any atom is 0.417 e. The fraction of sp³-hybridized carbons (Fsp3) is 0.560. The number of anilines is 1. The van der Waals surface area contributed by atoms with Crippen LogP contribution in [0.4, 0.5) is 18.9 Å². The maximum atomic E-state index is 14.1. The summed E-state index contributed by atoms with van der Waals surface area (Å²) < 4.78 is 60.0. The highest BCUT2D eigenvalue weighted by Gasteiger charge is 2.61. The van der Waals surface area contributed by atoms with Crippen LogP contribution in [0.2, 0.25) is 0 Å². The van der Waals surface area contributed by atoms with E-state index in [9.17, 15) is 41.9 Å². The minimum atomic E-state index is -4.75. The molecule has 4 fully saturated rings. The average Bonchev–Trinajstić information content (AvgIpc) is 3.88. The molecule has 5 atom stereocenters. The summed E-state index contributed by atoms with van der Waals surface area (Å²) in [7, 11) is 1.71. The zero-order valence-corrected chi connectivity index (χ0v) is 39.5. The van der Waals surface area contributed by atoms with Gasteiger partial charge >= 0.3 is 6.18 Å². The van der Waals surface area contributed by atoms with E-state index >= 15 is 0 Å². The van der Waals surface area contributed by atoms with Gasteiger partial charge in [-0.1, -0.05) is 30.3 Å². The molecule has 2 aliphatic heterocycles. The van der Waals surface area contributed by atoms with Gasteiger partial charge in [-0.3, -0.25) is 38.7 Å². The Morgan fingerprint density at radius 1 is 0.871 bits per heavy atom. The van der Waals surface area contributed by atoms with Crippen LogP contribution in [0.5, 0.6) is 0 Å². The van der Waals surface area contributed by atoms with Crippen molar-refractivity contribution in [2.24, 2.45) is 17.6 Å². The number of benzene rings is 1. The monoisotopic (exact) mass is 976 g/mol. The molecule has 2 saturated carbocycles. The molecule has 3 aromatic rings. The molecule has 1 aromatic carbocycles. The number of nitrogens with zero attached hydrogens (tertiary/aromatic N) is 3. The van der Waals surface area contributed by atoms with Crippen molar-refractivity contribution in [1.29, 1.82) is 0 Å². The zero-order chi connectivity index (χ0) is 50.0. The molecule has 6 amide bonds. The van der Waals surface area contributed by atoms with Gasteiger partial charge in [-0.15, -0.1) is 0 Å². The van der Waals surface area contributed by atoms with Crippen LogP contribution in [0.25, 0.3) is 0 Å². The Labute approximate surface area is 404 Å². The van der Waals surface area contributed by atoms with Gasteiger partial charge < -0.3 is 46.1 Å². The first-order chi connectivity index (χ1) is 33.5. The molecular weight excluding hydrogens is 914 g/mol. The summed E-state index contributed by atoms with van der Waals surface area (Å²) in [6.07, 6.45) is 5.04. The number of ether oxygens (including phenoxy) is 3. The fourth-order valence-electron chi connectivity index (χ4n) is 10.0. The van der Waals surface area contributed by atoms with Crippen LogP contribution >= 0.6 is 0 Å². The maximum absolute atomic E-state index is 14.1. The molecule has 2 aliphatic carbocycles. The molecule has 2 aromatic heterocycles. The summed E-state index contributed by atoms with van der Waals surface area (Å²) in [5.74, 6) is -3.73. The van der Waals surface area contributed by atoms with Crippen LogP contribution in [0, 0.1) is 11.8 Å². The SMILES string of the molecule is CN1C(=O)C[C@H](C(=O)NCCOC2CCC(OCCCC(=O)NC3CCC(C(=O)NCc4ccc([C@@H]5C[C@](C)(C(F)(F)F)O[C@H]5C(=O)Nc5ccnc(C(N)=O)c5)cc4)CC3)CC2)[C@H]1c1cccnc1. The molecule has 4 heterocycles. The molecule has 0 radical (unpaired) electrons. The lowest BCUT2D eigenvalue weighted by Crippen LogP contribution is -2.43. The largest absolute Gasteiger partial charge is 0.417 e. The summed E-state index contributed by atoms with van der Waals surface area (Å²) >= 11 is 0. The second kappa shape index (κ2) is 23.3. The number of hydrogen-bond donors (Lipinski definition) is 5. The predicted octanol–water partition coefficient (Wildman–Crippen LogP) is 5.16. The van der Waals surface area contributed by atoms with Crippen LogP contribution in [0.15, 0.2) is 67.1 Å². The first-order valence-corrected chi connectivity index (χ1v) is 24.1. The van der Waals surface area contributed by atoms with Crippen molar-refractivity contribution in [3.05, 3.63) is 89.5 Å². The Morgan fingerprint density at radius 2 is 1.57 bits per heavy atom. The quantitative estimate of drug-likeness (QED) is 0.0985. The van der Waals surface area contributed by atoms with Crippen LogP contribution < -0.4 is 27.0 Å². The molecule has 0 unspecified atom stereocenters. The third kappa shape index (κ3) is 13.2. The minimum Gasteiger partial charge on any atom is -0.378 e. The first kappa shape index (κ1) is 51.8. The number of nitrogens with two attached hydrogens (primary N) is 1. The molecule has 17 nitrogen and oxygen atoms in total. The number of alkyl halides is 3. The summed E-state index contributed by atoms with van der Waals surface area (Å²) in [4.78, 5) is 85.8. The Kier molecular flexibility index (Phi) is 17.2. The molecule has 70 heavy (non-hydrogen) atoms. The molecular formula is C50H63F3N8O9. The third-order valence-corrected chi connectivity index (χ3v) is 14.1. The number of primary amides is 1. The molecule has 6 N–H and O–H groups in total. The molecule has 7 rings (SSSR count). The van der Waals surface area contributed by atoms with Gasteiger partial charge in [0.1, 0.15) is 11.8 Å². The van der Waals surface area contributed by atoms with Crippen LogP contribution in [0.3, 0.4) is 0 Å². The number of rotatable bonds is 19. The second-order valence-electron chi connectivity index (χ2n) is 19.0. The van der Waals surface area contributed by atoms with E-state index in [4.69, 9.17) is 19.9 Å². The lowest BCUT2D eigenvalue weighted by Gasteiger charge is -2.29. The molecule has 0 bridgehead atoms. The normalized spacial score (nSPS) is 26.9. The number of carbonyl (C=O) groups excluding carboxylic acids is 6. The van der Waals surface area contributed by atoms with Gasteiger partial charge in [0.2, 0.25) is 23.6 Å². The standard InChI is InChI=1S/C50H63F3N8O9/c1-49(50(51,52)53)27-39(44(70-49)48(67)60-35-19-21-56-40(25-35)45(54)64)31-9-7-30(8-10-31)28-58-46(65)32-11-13-34(14-12-32)59-41(62)6-4-23-68-36-15-17-37(18-16-36)69-24-22-57-47(66)38-26-42(63)61(2)43(38)33-5-3-20-55-29-33/h3,5,7-10,19-21,25,29,32,34,36-39,43-44H,4,6,11-18,22-24,26-28H2,1-2H3,(H2,54,64)(H,57,66)(H,58,65)(H,59,62)(H,56,60,67)/t32?,34?,36?,37?,38-,39-,43+,44+,49+/m0/s1. The van der Waals surface area contributed by atoms with Gasteiger partial charge in [0, 0.05) is 81.7 Å². The van der Waals surface area contributed by atoms with Gasteiger partial charge in [-0.2, -0.15) is 13.2 Å². The van der Waals surface area contributed by atoms with Gasteiger partial charge in [-0.25, -0.2) is 0 Å². The van der Waals surface area contributed by atoms with Crippen molar-refractivity contribution in [2.45, 2.75) is 139 Å². The number of aromatic nitrogens is 2. The Balaban J connectivity index is 0.746. The van der Waals surface area contributed by atoms with E-state index in [0.717, 1.165) is 43.7 Å². The third-order valence-electron chi connectivity index (χ3n) is 14.1. The summed E-state index contributed by atoms with van der Waals surface area (Å²) in [5.41, 5.74) is 4.70. The van der Waals surface area contributed by atoms with Crippen LogP contribution in [-0.2, 0) is 44.7 Å². The highest BCUT2D eigenvalue weighted by Crippen LogP contribution is 2.49. The van der Waals surface area contributed by atoms with Crippen LogP contribution in [-0.4, -0.2) is 113 Å². The molecule has 4 aliphatic rings. The summed E-state index contributed by atoms with van der Waals surface area (Å²) in [6, 6.07) is 12.6. The molecule has 2 saturated heterocycles. The van der Waals surface area contributed by atoms with Gasteiger partial charge in [0.15, 0.2) is 5.60 Å². The van der Waals surface area contributed by atoms with Crippen molar-refractivity contribution >= 4 is 41.1 Å². The summed E-state index contributed by atoms with van der Waals surface area (Å²) in [6.45, 7) is 2.32. The van der Waals surface area contributed by atoms with E-state index in [0.29, 0.717) is 63.8 Å². The lowest BCUT2D eigenvalue weighted by molar-refractivity contribution is -0.261. The predicted molar refractivity (Wildman–Crippen MR) is 248 cm³/mol. The minimum absolute atomic E-state index is 0.0204. The van der Waals surface area contributed by atoms with Crippen molar-refractivity contribution in [1.82, 2.24) is 30.8 Å². The van der Waals surface area contributed by atoms with E-state index in [1.165, 1.54) is 18.3 Å². The Hall–Kier alpha value is -5.99. The number of pyridine rings is 2. The first-order valence-electron chi connectivity index (χ1n) is 24.1. The van der Waals surface area contributed by atoms with Gasteiger partial charge in [0.25, 0.3) is 11.8 Å². The molecule has 378 valence electrons. The lowest BCUT2D eigenvalue weighted by atomic mass is 9.85. The number of halogens is 3. The van der Waals surface area contributed by atoms with E-state index < -0.39 is 48.0 Å². The molecule has 0 spiro atoms. The fourth-order valence-corrected chi connectivity index (χ4v) is 10.0.